The van der Waals surface area contributed by atoms with Crippen LogP contribution in [0.25, 0.3) is 0 Å². The topological polar surface area (TPSA) is 75.3 Å². The molecule has 0 fully saturated rings. The van der Waals surface area contributed by atoms with Crippen LogP contribution in [0.1, 0.15) is 17.5 Å². The molecule has 0 bridgehead atoms. The number of hydrogen-bond donors (Lipinski definition) is 2. The fourth-order valence-electron chi connectivity index (χ4n) is 2.16. The van der Waals surface area contributed by atoms with Crippen molar-refractivity contribution < 1.29 is 26.4 Å². The third-order valence-corrected chi connectivity index (χ3v) is 5.19. The van der Waals surface area contributed by atoms with Gasteiger partial charge in [0.25, 0.3) is 0 Å². The molecule has 0 radical (unpaired) electrons. The summed E-state index contributed by atoms with van der Waals surface area (Å²) in [6.07, 6.45) is -4.63. The summed E-state index contributed by atoms with van der Waals surface area (Å²) >= 11 is 5.75. The first-order chi connectivity index (χ1) is 12.6. The van der Waals surface area contributed by atoms with Crippen molar-refractivity contribution in [2.45, 2.75) is 24.0 Å². The third kappa shape index (κ3) is 6.53. The van der Waals surface area contributed by atoms with Crippen LogP contribution in [-0.2, 0) is 27.5 Å². The Labute approximate surface area is 159 Å². The van der Waals surface area contributed by atoms with Crippen molar-refractivity contribution in [1.82, 2.24) is 10.0 Å². The Balaban J connectivity index is 1.83. The molecular weight excluding hydrogens is 405 g/mol. The largest absolute Gasteiger partial charge is 0.416 e. The van der Waals surface area contributed by atoms with Crippen molar-refractivity contribution in [1.29, 1.82) is 0 Å². The van der Waals surface area contributed by atoms with Crippen LogP contribution in [0.3, 0.4) is 0 Å². The van der Waals surface area contributed by atoms with Gasteiger partial charge in [-0.2, -0.15) is 13.2 Å². The predicted molar refractivity (Wildman–Crippen MR) is 94.5 cm³/mol. The summed E-state index contributed by atoms with van der Waals surface area (Å²) in [4.78, 5) is 11.8. The average molecular weight is 421 g/mol. The van der Waals surface area contributed by atoms with E-state index in [0.717, 1.165) is 12.1 Å². The lowest BCUT2D eigenvalue weighted by molar-refractivity contribution is -0.137. The monoisotopic (exact) mass is 420 g/mol. The fraction of sp³-hybridized carbons (Fsp3) is 0.235. The smallest absolute Gasteiger partial charge is 0.352 e. The van der Waals surface area contributed by atoms with Crippen molar-refractivity contribution in [3.05, 3.63) is 64.7 Å². The number of carbonyl (C=O) groups excluding carboxylic acids is 1. The van der Waals surface area contributed by atoms with E-state index in [1.54, 1.807) is 0 Å². The number of benzene rings is 2. The van der Waals surface area contributed by atoms with E-state index in [0.29, 0.717) is 0 Å². The highest BCUT2D eigenvalue weighted by molar-refractivity contribution is 7.89. The summed E-state index contributed by atoms with van der Waals surface area (Å²) in [5, 5.41) is 2.71. The Morgan fingerprint density at radius 1 is 1.07 bits per heavy atom. The van der Waals surface area contributed by atoms with E-state index in [1.165, 1.54) is 36.4 Å². The molecule has 0 aromatic heterocycles. The van der Waals surface area contributed by atoms with E-state index in [2.05, 4.69) is 10.0 Å². The second kappa shape index (κ2) is 8.73. The Morgan fingerprint density at radius 2 is 1.78 bits per heavy atom. The maximum absolute atomic E-state index is 12.6. The highest BCUT2D eigenvalue weighted by Gasteiger charge is 2.30. The minimum absolute atomic E-state index is 0.0284. The van der Waals surface area contributed by atoms with E-state index >= 15 is 0 Å². The zero-order valence-electron chi connectivity index (χ0n) is 13.9. The number of alkyl halides is 3. The van der Waals surface area contributed by atoms with Crippen molar-refractivity contribution in [2.75, 3.05) is 6.54 Å². The molecule has 27 heavy (non-hydrogen) atoms. The van der Waals surface area contributed by atoms with Gasteiger partial charge < -0.3 is 5.32 Å². The minimum atomic E-state index is -4.46. The molecule has 2 N–H and O–H groups in total. The molecule has 2 aromatic rings. The van der Waals surface area contributed by atoms with Crippen LogP contribution in [-0.4, -0.2) is 20.9 Å². The highest BCUT2D eigenvalue weighted by Crippen LogP contribution is 2.29. The maximum atomic E-state index is 12.6. The lowest BCUT2D eigenvalue weighted by Gasteiger charge is -2.10. The van der Waals surface area contributed by atoms with Crippen molar-refractivity contribution in [3.63, 3.8) is 0 Å². The van der Waals surface area contributed by atoms with Crippen LogP contribution in [0.4, 0.5) is 13.2 Å². The summed E-state index contributed by atoms with van der Waals surface area (Å²) in [5.74, 6) is -0.499. The van der Waals surface area contributed by atoms with Crippen LogP contribution < -0.4 is 10.0 Å². The SMILES string of the molecule is O=C(CCNS(=O)(=O)c1cccc(Cl)c1)NCc1cccc(C(F)(F)F)c1. The molecule has 0 spiro atoms. The number of halogens is 4. The molecule has 146 valence electrons. The Kier molecular flexibility index (Phi) is 6.85. The summed E-state index contributed by atoms with van der Waals surface area (Å²) in [5.41, 5.74) is -0.513. The minimum Gasteiger partial charge on any atom is -0.352 e. The van der Waals surface area contributed by atoms with Gasteiger partial charge in [-0.3, -0.25) is 4.79 Å². The van der Waals surface area contributed by atoms with Gasteiger partial charge in [0.2, 0.25) is 15.9 Å². The predicted octanol–water partition coefficient (Wildman–Crippen LogP) is 3.34. The van der Waals surface area contributed by atoms with Crippen LogP contribution in [0, 0.1) is 0 Å². The first kappa shape index (κ1) is 21.2. The van der Waals surface area contributed by atoms with E-state index in [-0.39, 0.29) is 35.0 Å². The summed E-state index contributed by atoms with van der Waals surface area (Å²) in [7, 11) is -3.81. The molecule has 0 aliphatic rings. The van der Waals surface area contributed by atoms with Crippen LogP contribution >= 0.6 is 11.6 Å². The summed E-state index contributed by atoms with van der Waals surface area (Å²) in [6.45, 7) is -0.257. The van der Waals surface area contributed by atoms with Crippen LogP contribution in [0.15, 0.2) is 53.4 Å². The van der Waals surface area contributed by atoms with Gasteiger partial charge in [0.15, 0.2) is 0 Å². The molecule has 2 rings (SSSR count). The number of rotatable bonds is 7. The number of amides is 1. The number of carbonyl (C=O) groups is 1. The Bertz CT molecular complexity index is 918. The van der Waals surface area contributed by atoms with Crippen LogP contribution in [0.5, 0.6) is 0 Å². The van der Waals surface area contributed by atoms with Crippen molar-refractivity contribution in [2.24, 2.45) is 0 Å². The quantitative estimate of drug-likeness (QED) is 0.721. The van der Waals surface area contributed by atoms with E-state index in [4.69, 9.17) is 11.6 Å². The Morgan fingerprint density at radius 3 is 2.44 bits per heavy atom. The maximum Gasteiger partial charge on any atom is 0.416 e. The van der Waals surface area contributed by atoms with E-state index < -0.39 is 27.7 Å². The van der Waals surface area contributed by atoms with Crippen LogP contribution in [0.2, 0.25) is 5.02 Å². The molecule has 0 atom stereocenters. The van der Waals surface area contributed by atoms with E-state index in [9.17, 15) is 26.4 Å². The third-order valence-electron chi connectivity index (χ3n) is 3.49. The fourth-order valence-corrected chi connectivity index (χ4v) is 3.50. The van der Waals surface area contributed by atoms with Gasteiger partial charge in [0.1, 0.15) is 0 Å². The second-order valence-electron chi connectivity index (χ2n) is 5.58. The molecular formula is C17H16ClF3N2O3S. The number of hydrogen-bond acceptors (Lipinski definition) is 3. The molecule has 0 saturated carbocycles. The van der Waals surface area contributed by atoms with Gasteiger partial charge in [-0.15, -0.1) is 0 Å². The molecule has 0 saturated heterocycles. The standard InChI is InChI=1S/C17H16ClF3N2O3S/c18-14-5-2-6-15(10-14)27(25,26)23-8-7-16(24)22-11-12-3-1-4-13(9-12)17(19,20)21/h1-6,9-10,23H,7-8,11H2,(H,22,24). The molecule has 0 heterocycles. The lowest BCUT2D eigenvalue weighted by atomic mass is 10.1. The molecule has 0 unspecified atom stereocenters. The van der Waals surface area contributed by atoms with Crippen molar-refractivity contribution >= 4 is 27.5 Å². The number of sulfonamides is 1. The zero-order valence-corrected chi connectivity index (χ0v) is 15.5. The molecule has 1 amide bonds. The molecule has 0 aliphatic heterocycles. The van der Waals surface area contributed by atoms with Crippen molar-refractivity contribution in [3.8, 4) is 0 Å². The van der Waals surface area contributed by atoms with Gasteiger partial charge in [0.05, 0.1) is 10.5 Å². The summed E-state index contributed by atoms with van der Waals surface area (Å²) < 4.78 is 64.3. The highest BCUT2D eigenvalue weighted by atomic mass is 35.5. The average Bonchev–Trinajstić information content (AvgIpc) is 2.59. The van der Waals surface area contributed by atoms with E-state index in [1.807, 2.05) is 0 Å². The Hall–Kier alpha value is -2.10. The molecule has 5 nitrogen and oxygen atoms in total. The van der Waals surface area contributed by atoms with Gasteiger partial charge in [-0.25, -0.2) is 13.1 Å². The number of nitrogens with one attached hydrogen (secondary N) is 2. The molecule has 2 aromatic carbocycles. The second-order valence-corrected chi connectivity index (χ2v) is 7.78. The first-order valence-electron chi connectivity index (χ1n) is 7.76. The van der Waals surface area contributed by atoms with Gasteiger partial charge in [-0.05, 0) is 35.9 Å². The molecule has 10 heteroatoms. The molecule has 0 aliphatic carbocycles. The normalized spacial score (nSPS) is 12.0. The van der Waals surface area contributed by atoms with Gasteiger partial charge in [-0.1, -0.05) is 29.8 Å². The lowest BCUT2D eigenvalue weighted by Crippen LogP contribution is -2.30. The van der Waals surface area contributed by atoms with Gasteiger partial charge in [0, 0.05) is 24.5 Å². The zero-order chi connectivity index (χ0) is 20.1. The van der Waals surface area contributed by atoms with Gasteiger partial charge >= 0.3 is 6.18 Å². The first-order valence-corrected chi connectivity index (χ1v) is 9.62. The summed E-state index contributed by atoms with van der Waals surface area (Å²) in [6, 6.07) is 10.2.